The molecule has 6 atom stereocenters. The summed E-state index contributed by atoms with van der Waals surface area (Å²) in [4.78, 5) is 11.7. The van der Waals surface area contributed by atoms with Crippen molar-refractivity contribution in [1.29, 1.82) is 0 Å². The molecule has 0 aromatic rings. The molecule has 2 saturated carbocycles. The largest absolute Gasteiger partial charge is 0.459 e. The molecule has 2 aliphatic carbocycles. The van der Waals surface area contributed by atoms with E-state index in [4.69, 9.17) is 4.74 Å². The van der Waals surface area contributed by atoms with E-state index in [-0.39, 0.29) is 12.3 Å². The molecule has 4 nitrogen and oxygen atoms in total. The highest BCUT2D eigenvalue weighted by atomic mass is 19.4. The summed E-state index contributed by atoms with van der Waals surface area (Å²) in [6, 6.07) is 0. The molecule has 2 fully saturated rings. The number of aliphatic hydroxyl groups excluding tert-OH is 1. The molecule has 0 aromatic heterocycles. The van der Waals surface area contributed by atoms with Gasteiger partial charge in [-0.2, -0.15) is 13.2 Å². The minimum absolute atomic E-state index is 0.0234. The van der Waals surface area contributed by atoms with E-state index in [1.807, 2.05) is 0 Å². The molecule has 0 heterocycles. The second kappa shape index (κ2) is 4.87. The topological polar surface area (TPSA) is 66.8 Å². The van der Waals surface area contributed by atoms with Crippen molar-refractivity contribution >= 4 is 5.97 Å². The van der Waals surface area contributed by atoms with Gasteiger partial charge in [0, 0.05) is 11.8 Å². The quantitative estimate of drug-likeness (QED) is 0.777. The molecule has 0 amide bonds. The summed E-state index contributed by atoms with van der Waals surface area (Å²) < 4.78 is 43.8. The Balaban J connectivity index is 2.09. The highest BCUT2D eigenvalue weighted by Crippen LogP contribution is 2.57. The Bertz CT molecular complexity index is 396. The number of esters is 1. The molecule has 20 heavy (non-hydrogen) atoms. The highest BCUT2D eigenvalue weighted by molar-refractivity contribution is 5.72. The summed E-state index contributed by atoms with van der Waals surface area (Å²) in [5, 5.41) is 19.7. The maximum atomic E-state index is 12.9. The number of aliphatic hydroxyl groups is 2. The molecule has 2 aliphatic rings. The predicted molar refractivity (Wildman–Crippen MR) is 62.6 cm³/mol. The van der Waals surface area contributed by atoms with Gasteiger partial charge in [-0.1, -0.05) is 13.8 Å². The zero-order valence-corrected chi connectivity index (χ0v) is 11.4. The van der Waals surface area contributed by atoms with Gasteiger partial charge in [-0.3, -0.25) is 4.79 Å². The Labute approximate surface area is 114 Å². The maximum Gasteiger partial charge on any atom is 0.417 e. The zero-order valence-electron chi connectivity index (χ0n) is 11.4. The van der Waals surface area contributed by atoms with Crippen LogP contribution >= 0.6 is 0 Å². The molecular formula is C13H19F3O4. The number of fused-ring (bicyclic) bond motifs is 2. The SMILES string of the molecule is CCC(C)C(=O)OC1C2CC(C1O)C(O)(C(F)(F)F)C2. The Morgan fingerprint density at radius 1 is 1.50 bits per heavy atom. The lowest BCUT2D eigenvalue weighted by atomic mass is 9.80. The minimum Gasteiger partial charge on any atom is -0.459 e. The fourth-order valence-electron chi connectivity index (χ4n) is 3.24. The third kappa shape index (κ3) is 2.20. The van der Waals surface area contributed by atoms with Crippen LogP contribution in [0.2, 0.25) is 0 Å². The Hall–Kier alpha value is -0.820. The van der Waals surface area contributed by atoms with Crippen molar-refractivity contribution in [3.05, 3.63) is 0 Å². The van der Waals surface area contributed by atoms with E-state index in [1.54, 1.807) is 13.8 Å². The van der Waals surface area contributed by atoms with Gasteiger partial charge in [-0.15, -0.1) is 0 Å². The molecule has 0 aliphatic heterocycles. The Morgan fingerprint density at radius 3 is 2.55 bits per heavy atom. The molecule has 2 N–H and O–H groups in total. The molecule has 7 heteroatoms. The third-order valence-electron chi connectivity index (χ3n) is 4.71. The van der Waals surface area contributed by atoms with E-state index in [0.717, 1.165) is 0 Å². The first-order valence-corrected chi connectivity index (χ1v) is 6.79. The number of halogens is 3. The van der Waals surface area contributed by atoms with Gasteiger partial charge in [-0.25, -0.2) is 0 Å². The number of carbonyl (C=O) groups excluding carboxylic acids is 1. The first kappa shape index (κ1) is 15.6. The van der Waals surface area contributed by atoms with Crippen LogP contribution in [0.4, 0.5) is 13.2 Å². The fraction of sp³-hybridized carbons (Fsp3) is 0.923. The summed E-state index contributed by atoms with van der Waals surface area (Å²) in [7, 11) is 0. The second-order valence-electron chi connectivity index (χ2n) is 5.93. The highest BCUT2D eigenvalue weighted by Gasteiger charge is 2.70. The lowest BCUT2D eigenvalue weighted by Gasteiger charge is -2.39. The summed E-state index contributed by atoms with van der Waals surface area (Å²) in [5.41, 5.74) is -2.86. The van der Waals surface area contributed by atoms with Crippen LogP contribution in [0.1, 0.15) is 33.1 Å². The second-order valence-corrected chi connectivity index (χ2v) is 5.93. The van der Waals surface area contributed by atoms with Crippen molar-refractivity contribution in [2.45, 2.75) is 57.1 Å². The van der Waals surface area contributed by atoms with Crippen molar-refractivity contribution in [1.82, 2.24) is 0 Å². The van der Waals surface area contributed by atoms with Crippen LogP contribution in [0.15, 0.2) is 0 Å². The molecule has 2 rings (SSSR count). The molecule has 0 saturated heterocycles. The van der Waals surface area contributed by atoms with Crippen molar-refractivity contribution in [3.8, 4) is 0 Å². The third-order valence-corrected chi connectivity index (χ3v) is 4.71. The van der Waals surface area contributed by atoms with E-state index in [9.17, 15) is 28.2 Å². The van der Waals surface area contributed by atoms with Crippen molar-refractivity contribution in [2.75, 3.05) is 0 Å². The zero-order chi connectivity index (χ0) is 15.3. The number of hydrogen-bond acceptors (Lipinski definition) is 4. The number of alkyl halides is 3. The van der Waals surface area contributed by atoms with Gasteiger partial charge in [0.15, 0.2) is 5.60 Å². The minimum atomic E-state index is -4.78. The van der Waals surface area contributed by atoms with Gasteiger partial charge in [0.25, 0.3) is 0 Å². The first-order valence-electron chi connectivity index (χ1n) is 6.79. The molecular weight excluding hydrogens is 277 g/mol. The standard InChI is InChI=1S/C13H19F3O4/c1-3-6(2)11(18)20-10-7-4-8(9(10)17)12(19,5-7)13(14,15)16/h6-10,17,19H,3-5H2,1-2H3. The van der Waals surface area contributed by atoms with Gasteiger partial charge >= 0.3 is 12.1 Å². The summed E-state index contributed by atoms with van der Waals surface area (Å²) in [6.45, 7) is 3.46. The van der Waals surface area contributed by atoms with Crippen LogP contribution in [0, 0.1) is 17.8 Å². The lowest BCUT2D eigenvalue weighted by Crippen LogP contribution is -2.57. The molecule has 116 valence electrons. The number of ether oxygens (including phenoxy) is 1. The molecule has 0 radical (unpaired) electrons. The average Bonchev–Trinajstić information content (AvgIpc) is 2.84. The van der Waals surface area contributed by atoms with Crippen LogP contribution in [-0.4, -0.2) is 40.2 Å². The van der Waals surface area contributed by atoms with E-state index >= 15 is 0 Å². The first-order chi connectivity index (χ1) is 9.11. The molecule has 0 spiro atoms. The van der Waals surface area contributed by atoms with E-state index < -0.39 is 48.2 Å². The molecule has 6 unspecified atom stereocenters. The average molecular weight is 296 g/mol. The number of rotatable bonds is 3. The molecule has 0 aromatic carbocycles. The van der Waals surface area contributed by atoms with Gasteiger partial charge in [0.1, 0.15) is 6.10 Å². The summed E-state index contributed by atoms with van der Waals surface area (Å²) >= 11 is 0. The van der Waals surface area contributed by atoms with Crippen molar-refractivity contribution < 1.29 is 32.9 Å². The van der Waals surface area contributed by atoms with Crippen LogP contribution in [0.5, 0.6) is 0 Å². The fourth-order valence-corrected chi connectivity index (χ4v) is 3.24. The molecule has 2 bridgehead atoms. The Kier molecular flexibility index (Phi) is 3.79. The van der Waals surface area contributed by atoms with Gasteiger partial charge in [0.05, 0.1) is 12.0 Å². The maximum absolute atomic E-state index is 12.9. The van der Waals surface area contributed by atoms with E-state index in [1.165, 1.54) is 0 Å². The Morgan fingerprint density at radius 2 is 2.10 bits per heavy atom. The summed E-state index contributed by atoms with van der Waals surface area (Å²) in [6.07, 6.45) is -7.12. The lowest BCUT2D eigenvalue weighted by molar-refractivity contribution is -0.292. The van der Waals surface area contributed by atoms with Gasteiger partial charge in [0.2, 0.25) is 0 Å². The van der Waals surface area contributed by atoms with Crippen molar-refractivity contribution in [3.63, 3.8) is 0 Å². The van der Waals surface area contributed by atoms with Crippen LogP contribution in [-0.2, 0) is 9.53 Å². The van der Waals surface area contributed by atoms with Crippen LogP contribution in [0.25, 0.3) is 0 Å². The van der Waals surface area contributed by atoms with E-state index in [0.29, 0.717) is 6.42 Å². The van der Waals surface area contributed by atoms with E-state index in [2.05, 4.69) is 0 Å². The van der Waals surface area contributed by atoms with Crippen LogP contribution < -0.4 is 0 Å². The van der Waals surface area contributed by atoms with Gasteiger partial charge < -0.3 is 14.9 Å². The number of hydrogen-bond donors (Lipinski definition) is 2. The predicted octanol–water partition coefficient (Wildman–Crippen LogP) is 1.64. The van der Waals surface area contributed by atoms with Gasteiger partial charge in [-0.05, 0) is 19.3 Å². The summed E-state index contributed by atoms with van der Waals surface area (Å²) in [5.74, 6) is -2.83. The smallest absolute Gasteiger partial charge is 0.417 e. The van der Waals surface area contributed by atoms with Crippen LogP contribution in [0.3, 0.4) is 0 Å². The van der Waals surface area contributed by atoms with Crippen molar-refractivity contribution in [2.24, 2.45) is 17.8 Å². The monoisotopic (exact) mass is 296 g/mol. The number of carbonyl (C=O) groups is 1. The normalized spacial score (nSPS) is 41.8.